The third kappa shape index (κ3) is 4.41. The molecule has 3 unspecified atom stereocenters. The van der Waals surface area contributed by atoms with Gasteiger partial charge in [0.05, 0.1) is 17.5 Å². The SMILES string of the molecule is CC(C)NCc1ccc(-c2ccc(O)c3c2C[C@@H]2C[C@@H]4C(N(C)C)C(=O)C(C(N)=O)C(=O)[C@]4(O)C(=O)C2C3=O)cc1. The number of fused-ring (bicyclic) bond motifs is 3. The maximum Gasteiger partial charge on any atom is 0.235 e. The van der Waals surface area contributed by atoms with Crippen LogP contribution in [0.5, 0.6) is 5.75 Å². The summed E-state index contributed by atoms with van der Waals surface area (Å²) in [5.74, 6) is -10.5. The molecule has 3 aliphatic carbocycles. The summed E-state index contributed by atoms with van der Waals surface area (Å²) in [7, 11) is 3.12. The third-order valence-corrected chi connectivity index (χ3v) is 8.92. The van der Waals surface area contributed by atoms with Gasteiger partial charge in [-0.15, -0.1) is 0 Å². The molecule has 6 atom stereocenters. The molecule has 0 heterocycles. The van der Waals surface area contributed by atoms with E-state index in [1.54, 1.807) is 20.2 Å². The highest BCUT2D eigenvalue weighted by molar-refractivity contribution is 6.32. The summed E-state index contributed by atoms with van der Waals surface area (Å²) in [5, 5.41) is 25.8. The van der Waals surface area contributed by atoms with Gasteiger partial charge in [0.15, 0.2) is 34.7 Å². The molecular formula is C31H35N3O7. The first-order chi connectivity index (χ1) is 19.3. The Morgan fingerprint density at radius 1 is 1.07 bits per heavy atom. The van der Waals surface area contributed by atoms with Crippen LogP contribution in [0.2, 0.25) is 0 Å². The summed E-state index contributed by atoms with van der Waals surface area (Å²) in [4.78, 5) is 68.1. The van der Waals surface area contributed by atoms with Crippen LogP contribution >= 0.6 is 0 Å². The Morgan fingerprint density at radius 3 is 2.32 bits per heavy atom. The fourth-order valence-electron chi connectivity index (χ4n) is 7.00. The molecule has 5 rings (SSSR count). The number of carbonyl (C=O) groups is 5. The Hall–Kier alpha value is -3.73. The number of likely N-dealkylation sites (N-methyl/N-ethyl adjacent to an activating group) is 1. The lowest BCUT2D eigenvalue weighted by molar-refractivity contribution is -0.181. The van der Waals surface area contributed by atoms with E-state index in [0.29, 0.717) is 18.2 Å². The van der Waals surface area contributed by atoms with Gasteiger partial charge in [0, 0.05) is 18.5 Å². The molecule has 5 N–H and O–H groups in total. The van der Waals surface area contributed by atoms with Crippen LogP contribution in [0.3, 0.4) is 0 Å². The number of rotatable bonds is 6. The van der Waals surface area contributed by atoms with Crippen LogP contribution in [0.15, 0.2) is 36.4 Å². The zero-order valence-corrected chi connectivity index (χ0v) is 23.5. The molecule has 0 saturated heterocycles. The van der Waals surface area contributed by atoms with E-state index in [4.69, 9.17) is 5.73 Å². The van der Waals surface area contributed by atoms with E-state index in [1.165, 1.54) is 11.0 Å². The molecule has 2 saturated carbocycles. The van der Waals surface area contributed by atoms with Gasteiger partial charge in [-0.05, 0) is 61.2 Å². The number of hydrogen-bond donors (Lipinski definition) is 4. The van der Waals surface area contributed by atoms with Crippen molar-refractivity contribution in [2.75, 3.05) is 14.1 Å². The van der Waals surface area contributed by atoms with Crippen molar-refractivity contribution in [3.63, 3.8) is 0 Å². The van der Waals surface area contributed by atoms with Crippen molar-refractivity contribution in [3.05, 3.63) is 53.1 Å². The lowest BCUT2D eigenvalue weighted by Gasteiger charge is -2.52. The zero-order valence-electron chi connectivity index (χ0n) is 23.5. The lowest BCUT2D eigenvalue weighted by Crippen LogP contribution is -2.74. The van der Waals surface area contributed by atoms with Crippen molar-refractivity contribution in [1.29, 1.82) is 0 Å². The standard InChI is InChI=1S/C31H35N3O7/c1-14(2)33-13-15-5-7-16(8-6-15)18-9-10-21(35)23-19(18)11-17-12-20-25(34(3)4)27(37)24(30(32)40)29(39)31(20,41)28(38)22(17)26(23)36/h5-10,14,17,20,22,24-25,33,35,41H,11-13H2,1-4H3,(H2,32,40)/t17-,20-,22?,24?,25?,31-/m1/s1. The van der Waals surface area contributed by atoms with Crippen molar-refractivity contribution in [2.45, 2.75) is 50.9 Å². The Morgan fingerprint density at radius 2 is 1.73 bits per heavy atom. The maximum absolute atomic E-state index is 13.9. The number of hydrogen-bond acceptors (Lipinski definition) is 9. The molecule has 3 aliphatic rings. The average Bonchev–Trinajstić information content (AvgIpc) is 2.89. The summed E-state index contributed by atoms with van der Waals surface area (Å²) >= 11 is 0. The zero-order chi connectivity index (χ0) is 30.0. The molecule has 0 spiro atoms. The number of phenols is 1. The number of ketones is 4. The lowest BCUT2D eigenvalue weighted by atomic mass is 9.52. The van der Waals surface area contributed by atoms with Crippen molar-refractivity contribution < 1.29 is 34.2 Å². The number of phenolic OH excluding ortho intramolecular Hbond substituents is 1. The molecule has 2 fully saturated rings. The van der Waals surface area contributed by atoms with Crippen LogP contribution in [0.1, 0.15) is 41.8 Å². The predicted molar refractivity (Wildman–Crippen MR) is 149 cm³/mol. The highest BCUT2D eigenvalue weighted by atomic mass is 16.3. The second kappa shape index (κ2) is 10.3. The summed E-state index contributed by atoms with van der Waals surface area (Å²) < 4.78 is 0. The summed E-state index contributed by atoms with van der Waals surface area (Å²) in [6.07, 6.45) is 0.227. The number of primary amides is 1. The fourth-order valence-corrected chi connectivity index (χ4v) is 7.00. The van der Waals surface area contributed by atoms with Gasteiger partial charge in [0.25, 0.3) is 0 Å². The summed E-state index contributed by atoms with van der Waals surface area (Å²) in [5.41, 5.74) is 5.84. The molecule has 10 heteroatoms. The second-order valence-corrected chi connectivity index (χ2v) is 12.0. The fraction of sp³-hybridized carbons (Fsp3) is 0.452. The first kappa shape index (κ1) is 28.8. The van der Waals surface area contributed by atoms with Crippen LogP contribution in [0, 0.1) is 23.7 Å². The Bertz CT molecular complexity index is 1460. The minimum atomic E-state index is -2.73. The van der Waals surface area contributed by atoms with Crippen LogP contribution in [0.25, 0.3) is 11.1 Å². The highest BCUT2D eigenvalue weighted by Crippen LogP contribution is 2.51. The highest BCUT2D eigenvalue weighted by Gasteiger charge is 2.69. The summed E-state index contributed by atoms with van der Waals surface area (Å²) in [6, 6.07) is 10.2. The molecule has 10 nitrogen and oxygen atoms in total. The quantitative estimate of drug-likeness (QED) is 0.377. The van der Waals surface area contributed by atoms with Gasteiger partial charge in [-0.1, -0.05) is 44.2 Å². The number of nitrogens with zero attached hydrogens (tertiary/aromatic N) is 1. The smallest absolute Gasteiger partial charge is 0.235 e. The first-order valence-corrected chi connectivity index (χ1v) is 13.8. The molecule has 2 aromatic rings. The van der Waals surface area contributed by atoms with E-state index in [-0.39, 0.29) is 24.2 Å². The van der Waals surface area contributed by atoms with Crippen molar-refractivity contribution in [2.24, 2.45) is 29.4 Å². The van der Waals surface area contributed by atoms with Crippen LogP contribution < -0.4 is 11.1 Å². The molecular weight excluding hydrogens is 526 g/mol. The number of nitrogens with two attached hydrogens (primary N) is 1. The van der Waals surface area contributed by atoms with E-state index in [2.05, 4.69) is 19.2 Å². The predicted octanol–water partition coefficient (Wildman–Crippen LogP) is 1.03. The minimum Gasteiger partial charge on any atom is -0.507 e. The molecule has 0 radical (unpaired) electrons. The normalized spacial score (nSPS) is 29.4. The number of amides is 1. The average molecular weight is 562 g/mol. The Labute approximate surface area is 237 Å². The van der Waals surface area contributed by atoms with Crippen molar-refractivity contribution >= 4 is 29.0 Å². The van der Waals surface area contributed by atoms with Gasteiger partial charge in [0.1, 0.15) is 5.75 Å². The number of benzene rings is 2. The Balaban J connectivity index is 1.57. The third-order valence-electron chi connectivity index (χ3n) is 8.92. The number of aromatic hydroxyl groups is 1. The maximum atomic E-state index is 13.9. The molecule has 216 valence electrons. The van der Waals surface area contributed by atoms with Crippen LogP contribution in [-0.4, -0.2) is 75.9 Å². The van der Waals surface area contributed by atoms with E-state index < -0.39 is 64.4 Å². The number of Topliss-reactive ketones (excluding diaryl/α,β-unsaturated/α-hetero) is 4. The van der Waals surface area contributed by atoms with Gasteiger partial charge in [-0.25, -0.2) is 0 Å². The van der Waals surface area contributed by atoms with Crippen molar-refractivity contribution in [1.82, 2.24) is 10.2 Å². The summed E-state index contributed by atoms with van der Waals surface area (Å²) in [6.45, 7) is 4.82. The number of nitrogens with one attached hydrogen (secondary N) is 1. The van der Waals surface area contributed by atoms with E-state index in [9.17, 15) is 34.2 Å². The molecule has 0 bridgehead atoms. The Kier molecular flexibility index (Phi) is 7.21. The number of aliphatic hydroxyl groups is 1. The molecule has 0 aliphatic heterocycles. The largest absolute Gasteiger partial charge is 0.507 e. The first-order valence-electron chi connectivity index (χ1n) is 13.8. The van der Waals surface area contributed by atoms with Gasteiger partial charge < -0.3 is 21.3 Å². The van der Waals surface area contributed by atoms with E-state index in [1.807, 2.05) is 24.3 Å². The molecule has 1 amide bonds. The minimum absolute atomic E-state index is 0.0127. The van der Waals surface area contributed by atoms with Crippen LogP contribution in [-0.2, 0) is 32.1 Å². The monoisotopic (exact) mass is 561 g/mol. The van der Waals surface area contributed by atoms with E-state index >= 15 is 0 Å². The van der Waals surface area contributed by atoms with Crippen LogP contribution in [0.4, 0.5) is 0 Å². The molecule has 41 heavy (non-hydrogen) atoms. The molecule has 0 aromatic heterocycles. The second-order valence-electron chi connectivity index (χ2n) is 12.0. The van der Waals surface area contributed by atoms with Gasteiger partial charge >= 0.3 is 0 Å². The molecule has 2 aromatic carbocycles. The topological polar surface area (TPSA) is 167 Å². The van der Waals surface area contributed by atoms with Gasteiger partial charge in [-0.2, -0.15) is 0 Å². The van der Waals surface area contributed by atoms with Crippen molar-refractivity contribution in [3.8, 4) is 16.9 Å². The number of carbonyl (C=O) groups excluding carboxylic acids is 5. The van der Waals surface area contributed by atoms with Gasteiger partial charge in [-0.3, -0.25) is 28.9 Å². The van der Waals surface area contributed by atoms with E-state index in [0.717, 1.165) is 16.7 Å². The van der Waals surface area contributed by atoms with Gasteiger partial charge in [0.2, 0.25) is 5.91 Å².